The van der Waals surface area contributed by atoms with E-state index in [1.807, 2.05) is 0 Å². The molecule has 70 valence electrons. The van der Waals surface area contributed by atoms with Crippen LogP contribution in [0.2, 0.25) is 0 Å². The number of carboxylic acid groups (broad SMARTS) is 1. The minimum Gasteiger partial charge on any atom is -0.465 e. The van der Waals surface area contributed by atoms with Gasteiger partial charge >= 0.3 is 6.09 Å². The first-order chi connectivity index (χ1) is 6.16. The second kappa shape index (κ2) is 3.86. The van der Waals surface area contributed by atoms with Gasteiger partial charge in [-0.2, -0.15) is 0 Å². The summed E-state index contributed by atoms with van der Waals surface area (Å²) in [6.45, 7) is -0.221. The highest BCUT2D eigenvalue weighted by Crippen LogP contribution is 2.15. The van der Waals surface area contributed by atoms with Gasteiger partial charge in [-0.05, 0) is 6.07 Å². The molecule has 0 aliphatic rings. The monoisotopic (exact) mass is 182 g/mol. The fourth-order valence-corrected chi connectivity index (χ4v) is 0.946. The van der Waals surface area contributed by atoms with Crippen LogP contribution in [0.15, 0.2) is 18.3 Å². The van der Waals surface area contributed by atoms with E-state index in [0.29, 0.717) is 5.56 Å². The first-order valence-corrected chi connectivity index (χ1v) is 3.68. The number of aliphatic hydroxyl groups excluding tert-OH is 1. The first kappa shape index (κ1) is 9.47. The van der Waals surface area contributed by atoms with Crippen molar-refractivity contribution >= 4 is 11.9 Å². The maximum absolute atomic E-state index is 10.6. The Hall–Kier alpha value is -1.62. The van der Waals surface area contributed by atoms with Crippen molar-refractivity contribution < 1.29 is 15.0 Å². The number of amides is 1. The number of aromatic nitrogens is 1. The minimum absolute atomic E-state index is 0.221. The van der Waals surface area contributed by atoms with Crippen LogP contribution in [0.1, 0.15) is 5.56 Å². The van der Waals surface area contributed by atoms with E-state index in [0.717, 1.165) is 4.90 Å². The van der Waals surface area contributed by atoms with Gasteiger partial charge in [-0.1, -0.05) is 6.07 Å². The second-order valence-corrected chi connectivity index (χ2v) is 2.49. The molecular weight excluding hydrogens is 172 g/mol. The molecule has 0 spiro atoms. The van der Waals surface area contributed by atoms with Crippen molar-refractivity contribution in [3.63, 3.8) is 0 Å². The maximum Gasteiger partial charge on any atom is 0.412 e. The lowest BCUT2D eigenvalue weighted by atomic mass is 10.2. The summed E-state index contributed by atoms with van der Waals surface area (Å²) in [6.07, 6.45) is 0.377. The SMILES string of the molecule is CN(C(=O)O)c1ncccc1CO. The first-order valence-electron chi connectivity index (χ1n) is 3.68. The second-order valence-electron chi connectivity index (χ2n) is 2.49. The largest absolute Gasteiger partial charge is 0.465 e. The summed E-state index contributed by atoms with van der Waals surface area (Å²) in [5.41, 5.74) is 0.493. The fraction of sp³-hybridized carbons (Fsp3) is 0.250. The third kappa shape index (κ3) is 1.94. The van der Waals surface area contributed by atoms with Gasteiger partial charge < -0.3 is 10.2 Å². The van der Waals surface area contributed by atoms with Crippen molar-refractivity contribution in [2.75, 3.05) is 11.9 Å². The molecule has 0 fully saturated rings. The van der Waals surface area contributed by atoms with Gasteiger partial charge in [0.25, 0.3) is 0 Å². The van der Waals surface area contributed by atoms with Gasteiger partial charge in [0.15, 0.2) is 0 Å². The van der Waals surface area contributed by atoms with E-state index in [1.165, 1.54) is 13.2 Å². The molecule has 1 amide bonds. The predicted octanol–water partition coefficient (Wildman–Crippen LogP) is 0.688. The van der Waals surface area contributed by atoms with Crippen LogP contribution in [0.3, 0.4) is 0 Å². The van der Waals surface area contributed by atoms with Gasteiger partial charge in [0.2, 0.25) is 0 Å². The highest BCUT2D eigenvalue weighted by Gasteiger charge is 2.12. The Bertz CT molecular complexity index is 314. The smallest absolute Gasteiger partial charge is 0.412 e. The molecule has 1 aromatic rings. The summed E-state index contributed by atoms with van der Waals surface area (Å²) < 4.78 is 0. The lowest BCUT2D eigenvalue weighted by Crippen LogP contribution is -2.25. The number of nitrogens with zero attached hydrogens (tertiary/aromatic N) is 2. The zero-order valence-corrected chi connectivity index (χ0v) is 7.14. The van der Waals surface area contributed by atoms with E-state index in [9.17, 15) is 4.79 Å². The summed E-state index contributed by atoms with van der Waals surface area (Å²) in [7, 11) is 1.38. The Morgan fingerprint density at radius 2 is 2.38 bits per heavy atom. The van der Waals surface area contributed by atoms with E-state index in [1.54, 1.807) is 12.1 Å². The summed E-state index contributed by atoms with van der Waals surface area (Å²) in [5.74, 6) is 0.262. The number of hydrogen-bond donors (Lipinski definition) is 2. The van der Waals surface area contributed by atoms with Crippen molar-refractivity contribution in [3.8, 4) is 0 Å². The average Bonchev–Trinajstić information content (AvgIpc) is 2.16. The molecule has 5 nitrogen and oxygen atoms in total. The molecule has 0 aliphatic carbocycles. The molecule has 1 heterocycles. The molecule has 2 N–H and O–H groups in total. The Kier molecular flexibility index (Phi) is 2.81. The van der Waals surface area contributed by atoms with Gasteiger partial charge in [0.1, 0.15) is 5.82 Å². The Morgan fingerprint density at radius 3 is 2.92 bits per heavy atom. The van der Waals surface area contributed by atoms with Crippen LogP contribution in [0.5, 0.6) is 0 Å². The topological polar surface area (TPSA) is 73.7 Å². The van der Waals surface area contributed by atoms with E-state index in [4.69, 9.17) is 10.2 Å². The third-order valence-electron chi connectivity index (χ3n) is 1.64. The lowest BCUT2D eigenvalue weighted by Gasteiger charge is -2.14. The molecule has 5 heteroatoms. The van der Waals surface area contributed by atoms with E-state index in [2.05, 4.69) is 4.98 Å². The molecular formula is C8H10N2O3. The molecule has 0 aliphatic heterocycles. The molecule has 0 bridgehead atoms. The van der Waals surface area contributed by atoms with Crippen LogP contribution in [-0.4, -0.2) is 28.3 Å². The van der Waals surface area contributed by atoms with Crippen molar-refractivity contribution in [2.24, 2.45) is 0 Å². The minimum atomic E-state index is -1.10. The van der Waals surface area contributed by atoms with Crippen LogP contribution in [-0.2, 0) is 6.61 Å². The molecule has 0 aromatic carbocycles. The highest BCUT2D eigenvalue weighted by atomic mass is 16.4. The lowest BCUT2D eigenvalue weighted by molar-refractivity contribution is 0.203. The Labute approximate surface area is 75.3 Å². The summed E-state index contributed by atoms with van der Waals surface area (Å²) >= 11 is 0. The predicted molar refractivity (Wildman–Crippen MR) is 46.6 cm³/mol. The van der Waals surface area contributed by atoms with Crippen molar-refractivity contribution in [3.05, 3.63) is 23.9 Å². The molecule has 0 saturated heterocycles. The molecule has 1 aromatic heterocycles. The van der Waals surface area contributed by atoms with Crippen LogP contribution in [0, 0.1) is 0 Å². The number of carbonyl (C=O) groups is 1. The Balaban J connectivity index is 3.05. The number of hydrogen-bond acceptors (Lipinski definition) is 3. The molecule has 0 atom stereocenters. The highest BCUT2D eigenvalue weighted by molar-refractivity contribution is 5.84. The number of aliphatic hydroxyl groups is 1. The molecule has 0 radical (unpaired) electrons. The molecule has 1 rings (SSSR count). The fourth-order valence-electron chi connectivity index (χ4n) is 0.946. The van der Waals surface area contributed by atoms with E-state index in [-0.39, 0.29) is 12.4 Å². The van der Waals surface area contributed by atoms with Gasteiger partial charge in [-0.3, -0.25) is 4.90 Å². The standard InChI is InChI=1S/C8H10N2O3/c1-10(8(12)13)7-6(5-11)3-2-4-9-7/h2-4,11H,5H2,1H3,(H,12,13). The zero-order chi connectivity index (χ0) is 9.84. The van der Waals surface area contributed by atoms with Crippen LogP contribution in [0.25, 0.3) is 0 Å². The van der Waals surface area contributed by atoms with Gasteiger partial charge in [0.05, 0.1) is 6.61 Å². The van der Waals surface area contributed by atoms with Gasteiger partial charge in [-0.15, -0.1) is 0 Å². The summed E-state index contributed by atoms with van der Waals surface area (Å²) in [6, 6.07) is 3.27. The normalized spacial score (nSPS) is 9.69. The molecule has 13 heavy (non-hydrogen) atoms. The van der Waals surface area contributed by atoms with Crippen LogP contribution in [0.4, 0.5) is 10.6 Å². The number of rotatable bonds is 2. The van der Waals surface area contributed by atoms with Crippen LogP contribution < -0.4 is 4.90 Å². The van der Waals surface area contributed by atoms with Gasteiger partial charge in [0, 0.05) is 18.8 Å². The quantitative estimate of drug-likeness (QED) is 0.705. The Morgan fingerprint density at radius 1 is 1.69 bits per heavy atom. The maximum atomic E-state index is 10.6. The van der Waals surface area contributed by atoms with Gasteiger partial charge in [-0.25, -0.2) is 9.78 Å². The molecule has 0 unspecified atom stereocenters. The molecule has 0 saturated carbocycles. The van der Waals surface area contributed by atoms with Crippen molar-refractivity contribution in [2.45, 2.75) is 6.61 Å². The van der Waals surface area contributed by atoms with Crippen molar-refractivity contribution in [1.29, 1.82) is 0 Å². The summed E-state index contributed by atoms with van der Waals surface area (Å²) in [5, 5.41) is 17.5. The zero-order valence-electron chi connectivity index (χ0n) is 7.14. The van der Waals surface area contributed by atoms with Crippen LogP contribution >= 0.6 is 0 Å². The van der Waals surface area contributed by atoms with Crippen molar-refractivity contribution in [1.82, 2.24) is 4.98 Å². The number of pyridine rings is 1. The van der Waals surface area contributed by atoms with E-state index >= 15 is 0 Å². The average molecular weight is 182 g/mol. The third-order valence-corrected chi connectivity index (χ3v) is 1.64. The number of anilines is 1. The summed E-state index contributed by atoms with van der Waals surface area (Å²) in [4.78, 5) is 15.4. The van der Waals surface area contributed by atoms with E-state index < -0.39 is 6.09 Å².